The molecule has 1 aromatic carbocycles. The van der Waals surface area contributed by atoms with Crippen LogP contribution < -0.4 is 5.32 Å². The molecule has 2 saturated heterocycles. The predicted molar refractivity (Wildman–Crippen MR) is 72.6 cm³/mol. The van der Waals surface area contributed by atoms with E-state index >= 15 is 0 Å². The lowest BCUT2D eigenvalue weighted by Crippen LogP contribution is -2.46. The van der Waals surface area contributed by atoms with Crippen LogP contribution in [-0.4, -0.2) is 36.2 Å². The summed E-state index contributed by atoms with van der Waals surface area (Å²) in [6.07, 6.45) is 3.04. The standard InChI is InChI=1S/C15H17F3N2O2/c1-20(7-8-4-10(16)14(18)11(17)5-8)15(21)19-12-6-9-2-3-13(12)22-9/h4-5,9,12-13H,2-3,6-7H2,1H3,(H,19,21)/t9-,12+,13-/m1/s1. The normalized spacial score (nSPS) is 26.3. The zero-order valence-corrected chi connectivity index (χ0v) is 12.1. The molecular formula is C15H17F3N2O2. The molecule has 0 saturated carbocycles. The second-order valence-corrected chi connectivity index (χ2v) is 5.90. The Bertz CT molecular complexity index is 573. The Morgan fingerprint density at radius 1 is 1.32 bits per heavy atom. The molecule has 0 unspecified atom stereocenters. The van der Waals surface area contributed by atoms with Crippen LogP contribution in [0.1, 0.15) is 24.8 Å². The van der Waals surface area contributed by atoms with Crippen LogP contribution in [0.5, 0.6) is 0 Å². The van der Waals surface area contributed by atoms with Gasteiger partial charge in [0.05, 0.1) is 18.2 Å². The topological polar surface area (TPSA) is 41.6 Å². The monoisotopic (exact) mass is 314 g/mol. The van der Waals surface area contributed by atoms with Crippen molar-refractivity contribution in [1.82, 2.24) is 10.2 Å². The number of fused-ring (bicyclic) bond motifs is 2. The van der Waals surface area contributed by atoms with E-state index in [0.29, 0.717) is 0 Å². The van der Waals surface area contributed by atoms with Gasteiger partial charge in [0.2, 0.25) is 0 Å². The van der Waals surface area contributed by atoms with E-state index in [9.17, 15) is 18.0 Å². The molecule has 22 heavy (non-hydrogen) atoms. The number of ether oxygens (including phenoxy) is 1. The van der Waals surface area contributed by atoms with Gasteiger partial charge in [-0.1, -0.05) is 0 Å². The maximum atomic E-state index is 13.2. The Labute approximate surface area is 126 Å². The van der Waals surface area contributed by atoms with Crippen molar-refractivity contribution in [2.24, 2.45) is 0 Å². The highest BCUT2D eigenvalue weighted by Gasteiger charge is 2.41. The molecule has 2 bridgehead atoms. The number of halogens is 3. The molecule has 0 radical (unpaired) electrons. The molecule has 3 rings (SSSR count). The van der Waals surface area contributed by atoms with Gasteiger partial charge in [-0.25, -0.2) is 18.0 Å². The summed E-state index contributed by atoms with van der Waals surface area (Å²) in [6, 6.07) is 1.42. The number of carbonyl (C=O) groups is 1. The minimum absolute atomic E-state index is 0.0123. The van der Waals surface area contributed by atoms with Gasteiger partial charge in [0.15, 0.2) is 17.5 Å². The van der Waals surface area contributed by atoms with E-state index in [0.717, 1.165) is 31.4 Å². The van der Waals surface area contributed by atoms with Crippen LogP contribution in [0.4, 0.5) is 18.0 Å². The number of nitrogens with zero attached hydrogens (tertiary/aromatic N) is 1. The Hall–Kier alpha value is -1.76. The first-order valence-electron chi connectivity index (χ1n) is 7.24. The van der Waals surface area contributed by atoms with Gasteiger partial charge in [0.1, 0.15) is 0 Å². The summed E-state index contributed by atoms with van der Waals surface area (Å²) in [7, 11) is 1.52. The molecule has 7 heteroatoms. The summed E-state index contributed by atoms with van der Waals surface area (Å²) in [5, 5.41) is 2.87. The Morgan fingerprint density at radius 2 is 2.00 bits per heavy atom. The van der Waals surface area contributed by atoms with Gasteiger partial charge in [-0.2, -0.15) is 0 Å². The van der Waals surface area contributed by atoms with E-state index in [1.165, 1.54) is 11.9 Å². The van der Waals surface area contributed by atoms with Crippen molar-refractivity contribution in [3.63, 3.8) is 0 Å². The number of rotatable bonds is 3. The van der Waals surface area contributed by atoms with Crippen molar-refractivity contribution in [3.05, 3.63) is 35.1 Å². The molecule has 2 aliphatic heterocycles. The molecule has 3 atom stereocenters. The Balaban J connectivity index is 1.59. The third-order valence-electron chi connectivity index (χ3n) is 4.22. The van der Waals surface area contributed by atoms with Gasteiger partial charge in [0.25, 0.3) is 0 Å². The molecule has 4 nitrogen and oxygen atoms in total. The van der Waals surface area contributed by atoms with Crippen LogP contribution in [0.3, 0.4) is 0 Å². The largest absolute Gasteiger partial charge is 0.373 e. The first kappa shape index (κ1) is 15.1. The van der Waals surface area contributed by atoms with Crippen molar-refractivity contribution in [2.45, 2.75) is 44.1 Å². The molecular weight excluding hydrogens is 297 g/mol. The lowest BCUT2D eigenvalue weighted by molar-refractivity contribution is 0.0972. The van der Waals surface area contributed by atoms with Crippen molar-refractivity contribution >= 4 is 6.03 Å². The first-order valence-corrected chi connectivity index (χ1v) is 7.24. The van der Waals surface area contributed by atoms with E-state index in [2.05, 4.69) is 5.32 Å². The number of benzene rings is 1. The van der Waals surface area contributed by atoms with E-state index in [1.54, 1.807) is 0 Å². The Morgan fingerprint density at radius 3 is 2.55 bits per heavy atom. The van der Waals surface area contributed by atoms with E-state index < -0.39 is 17.5 Å². The summed E-state index contributed by atoms with van der Waals surface area (Å²) in [5.74, 6) is -4.02. The summed E-state index contributed by atoms with van der Waals surface area (Å²) < 4.78 is 44.9. The van der Waals surface area contributed by atoms with Crippen molar-refractivity contribution < 1.29 is 22.7 Å². The van der Waals surface area contributed by atoms with Gasteiger partial charge in [-0.05, 0) is 37.0 Å². The quantitative estimate of drug-likeness (QED) is 0.871. The molecule has 2 fully saturated rings. The lowest BCUT2D eigenvalue weighted by atomic mass is 9.96. The highest BCUT2D eigenvalue weighted by molar-refractivity contribution is 5.74. The molecule has 0 aromatic heterocycles. The number of hydrogen-bond donors (Lipinski definition) is 1. The smallest absolute Gasteiger partial charge is 0.317 e. The molecule has 0 aliphatic carbocycles. The van der Waals surface area contributed by atoms with Crippen molar-refractivity contribution in [1.29, 1.82) is 0 Å². The number of urea groups is 1. The van der Waals surface area contributed by atoms with Gasteiger partial charge >= 0.3 is 6.03 Å². The maximum absolute atomic E-state index is 13.2. The Kier molecular flexibility index (Phi) is 3.99. The van der Waals surface area contributed by atoms with Crippen LogP contribution in [0.25, 0.3) is 0 Å². The minimum Gasteiger partial charge on any atom is -0.373 e. The maximum Gasteiger partial charge on any atom is 0.317 e. The second kappa shape index (κ2) is 5.79. The third kappa shape index (κ3) is 2.90. The average molecular weight is 314 g/mol. The number of carbonyl (C=O) groups excluding carboxylic acids is 1. The summed E-state index contributed by atoms with van der Waals surface area (Å²) in [5.41, 5.74) is 0.193. The average Bonchev–Trinajstić information content (AvgIpc) is 3.07. The summed E-state index contributed by atoms with van der Waals surface area (Å²) >= 11 is 0. The van der Waals surface area contributed by atoms with Crippen LogP contribution >= 0.6 is 0 Å². The molecule has 2 heterocycles. The summed E-state index contributed by atoms with van der Waals surface area (Å²) in [6.45, 7) is -0.0123. The number of nitrogens with one attached hydrogen (secondary N) is 1. The fourth-order valence-electron chi connectivity index (χ4n) is 3.10. The van der Waals surface area contributed by atoms with Crippen LogP contribution in [-0.2, 0) is 11.3 Å². The molecule has 0 spiro atoms. The number of amides is 2. The highest BCUT2D eigenvalue weighted by atomic mass is 19.2. The van der Waals surface area contributed by atoms with Gasteiger partial charge < -0.3 is 15.0 Å². The highest BCUT2D eigenvalue weighted by Crippen LogP contribution is 2.34. The first-order chi connectivity index (χ1) is 10.4. The molecule has 2 amide bonds. The van der Waals surface area contributed by atoms with E-state index in [1.807, 2.05) is 0 Å². The lowest BCUT2D eigenvalue weighted by Gasteiger charge is -2.24. The van der Waals surface area contributed by atoms with Crippen molar-refractivity contribution in [3.8, 4) is 0 Å². The van der Waals surface area contributed by atoms with Crippen LogP contribution in [0.2, 0.25) is 0 Å². The zero-order chi connectivity index (χ0) is 15.9. The predicted octanol–water partition coefficient (Wildman–Crippen LogP) is 2.57. The fraction of sp³-hybridized carbons (Fsp3) is 0.533. The van der Waals surface area contributed by atoms with Crippen molar-refractivity contribution in [2.75, 3.05) is 7.05 Å². The van der Waals surface area contributed by atoms with Gasteiger partial charge in [0, 0.05) is 13.6 Å². The third-order valence-corrected chi connectivity index (χ3v) is 4.22. The SMILES string of the molecule is CN(Cc1cc(F)c(F)c(F)c1)C(=O)N[C@H]1C[C@H]2CC[C@H]1O2. The fourth-order valence-corrected chi connectivity index (χ4v) is 3.10. The molecule has 1 N–H and O–H groups in total. The van der Waals surface area contributed by atoms with Gasteiger partial charge in [-0.15, -0.1) is 0 Å². The number of hydrogen-bond acceptors (Lipinski definition) is 2. The van der Waals surface area contributed by atoms with E-state index in [4.69, 9.17) is 4.74 Å². The molecule has 2 aliphatic rings. The molecule has 1 aromatic rings. The van der Waals surface area contributed by atoms with Crippen LogP contribution in [0.15, 0.2) is 12.1 Å². The molecule has 120 valence electrons. The van der Waals surface area contributed by atoms with E-state index in [-0.39, 0.29) is 36.4 Å². The van der Waals surface area contributed by atoms with Gasteiger partial charge in [-0.3, -0.25) is 0 Å². The zero-order valence-electron chi connectivity index (χ0n) is 12.1. The van der Waals surface area contributed by atoms with Crippen LogP contribution in [0, 0.1) is 17.5 Å². The second-order valence-electron chi connectivity index (χ2n) is 5.90. The minimum atomic E-state index is -1.50. The summed E-state index contributed by atoms with van der Waals surface area (Å²) in [4.78, 5) is 13.4.